The zero-order chi connectivity index (χ0) is 27.9. The Hall–Kier alpha value is -3.75. The smallest absolute Gasteiger partial charge is 0.283 e. The molecule has 0 saturated heterocycles. The Morgan fingerprint density at radius 3 is 2.33 bits per heavy atom. The number of rotatable bonds is 9. The minimum absolute atomic E-state index is 0.0738. The largest absolute Gasteiger partial charge is 0.497 e. The molecule has 0 aromatic heterocycles. The third-order valence-electron chi connectivity index (χ3n) is 6.24. The molecule has 0 radical (unpaired) electrons. The van der Waals surface area contributed by atoms with Gasteiger partial charge in [-0.15, -0.1) is 0 Å². The van der Waals surface area contributed by atoms with Crippen LogP contribution in [0.2, 0.25) is 5.02 Å². The van der Waals surface area contributed by atoms with Gasteiger partial charge in [0.2, 0.25) is 5.91 Å². The maximum absolute atomic E-state index is 13.6. The molecule has 0 bridgehead atoms. The lowest BCUT2D eigenvalue weighted by molar-refractivity contribution is -0.114. The molecule has 0 unspecified atom stereocenters. The molecule has 39 heavy (non-hydrogen) atoms. The van der Waals surface area contributed by atoms with Crippen LogP contribution in [0.25, 0.3) is 6.08 Å². The second kappa shape index (κ2) is 12.9. The molecule has 3 aromatic carbocycles. The number of thioether (sulfide) groups is 1. The minimum Gasteiger partial charge on any atom is -0.497 e. The van der Waals surface area contributed by atoms with Gasteiger partial charge in [0, 0.05) is 11.8 Å². The van der Waals surface area contributed by atoms with Crippen LogP contribution < -0.4 is 19.7 Å². The van der Waals surface area contributed by atoms with E-state index in [1.54, 1.807) is 31.4 Å². The number of hydrogen-bond acceptors (Lipinski definition) is 6. The summed E-state index contributed by atoms with van der Waals surface area (Å²) in [7, 11) is 3.11. The molecule has 0 saturated carbocycles. The summed E-state index contributed by atoms with van der Waals surface area (Å²) in [5.41, 5.74) is 4.61. The Morgan fingerprint density at radius 2 is 1.72 bits per heavy atom. The third-order valence-corrected chi connectivity index (χ3v) is 7.49. The van der Waals surface area contributed by atoms with Gasteiger partial charge in [0.25, 0.3) is 5.91 Å². The van der Waals surface area contributed by atoms with E-state index in [9.17, 15) is 9.59 Å². The van der Waals surface area contributed by atoms with Crippen LogP contribution in [0.4, 0.5) is 11.4 Å². The zero-order valence-corrected chi connectivity index (χ0v) is 23.9. The minimum atomic E-state index is -0.317. The molecule has 1 heterocycles. The topological polar surface area (TPSA) is 80.2 Å². The molecule has 0 atom stereocenters. The molecule has 4 rings (SSSR count). The Balaban J connectivity index is 1.62. The summed E-state index contributed by atoms with van der Waals surface area (Å²) in [6, 6.07) is 18.4. The Kier molecular flexibility index (Phi) is 9.32. The van der Waals surface area contributed by atoms with Gasteiger partial charge in [-0.2, -0.15) is 0 Å². The van der Waals surface area contributed by atoms with Gasteiger partial charge in [-0.1, -0.05) is 67.5 Å². The first-order chi connectivity index (χ1) is 18.9. The SMILES string of the molecule is CCc1cccc(CC)c1NC(=O)CSC1=N/C(=C/c2ccc(OC)cc2)C(=O)N1c1ccc(Cl)c(OC)c1. The summed E-state index contributed by atoms with van der Waals surface area (Å²) < 4.78 is 10.6. The van der Waals surface area contributed by atoms with Crippen LogP contribution in [0, 0.1) is 0 Å². The van der Waals surface area contributed by atoms with Crippen molar-refractivity contribution < 1.29 is 19.1 Å². The summed E-state index contributed by atoms with van der Waals surface area (Å²) in [6.07, 6.45) is 3.33. The zero-order valence-electron chi connectivity index (χ0n) is 22.3. The molecule has 7 nitrogen and oxygen atoms in total. The van der Waals surface area contributed by atoms with E-state index in [4.69, 9.17) is 21.1 Å². The lowest BCUT2D eigenvalue weighted by atomic mass is 10.0. The number of ether oxygens (including phenoxy) is 2. The van der Waals surface area contributed by atoms with Crippen molar-refractivity contribution in [3.8, 4) is 11.5 Å². The van der Waals surface area contributed by atoms with Crippen molar-refractivity contribution in [1.29, 1.82) is 0 Å². The molecular weight excluding hydrogens is 534 g/mol. The van der Waals surface area contributed by atoms with Crippen LogP contribution >= 0.6 is 23.4 Å². The summed E-state index contributed by atoms with van der Waals surface area (Å²) in [4.78, 5) is 32.7. The summed E-state index contributed by atoms with van der Waals surface area (Å²) >= 11 is 7.42. The van der Waals surface area contributed by atoms with E-state index in [1.165, 1.54) is 23.8 Å². The van der Waals surface area contributed by atoms with E-state index < -0.39 is 0 Å². The van der Waals surface area contributed by atoms with Gasteiger partial charge in [-0.25, -0.2) is 4.99 Å². The maximum atomic E-state index is 13.6. The lowest BCUT2D eigenvalue weighted by Crippen LogP contribution is -2.31. The van der Waals surface area contributed by atoms with Crippen LogP contribution in [0.3, 0.4) is 0 Å². The van der Waals surface area contributed by atoms with Crippen LogP contribution in [-0.2, 0) is 22.4 Å². The number of carbonyl (C=O) groups is 2. The number of anilines is 2. The molecule has 0 fully saturated rings. The quantitative estimate of drug-likeness (QED) is 0.297. The molecule has 0 spiro atoms. The number of amides is 2. The fourth-order valence-corrected chi connectivity index (χ4v) is 5.18. The van der Waals surface area contributed by atoms with Crippen molar-refractivity contribution in [2.45, 2.75) is 26.7 Å². The highest BCUT2D eigenvalue weighted by Crippen LogP contribution is 2.35. The van der Waals surface area contributed by atoms with Gasteiger partial charge >= 0.3 is 0 Å². The predicted octanol–water partition coefficient (Wildman–Crippen LogP) is 6.60. The highest BCUT2D eigenvalue weighted by Gasteiger charge is 2.33. The average molecular weight is 564 g/mol. The molecule has 3 aromatic rings. The number of methoxy groups -OCH3 is 2. The van der Waals surface area contributed by atoms with E-state index in [0.29, 0.717) is 27.4 Å². The molecule has 0 aliphatic carbocycles. The van der Waals surface area contributed by atoms with Crippen LogP contribution in [0.5, 0.6) is 11.5 Å². The van der Waals surface area contributed by atoms with Crippen LogP contribution in [0.1, 0.15) is 30.5 Å². The number of nitrogens with one attached hydrogen (secondary N) is 1. The van der Waals surface area contributed by atoms with Crippen molar-refractivity contribution >= 4 is 57.8 Å². The molecule has 202 valence electrons. The van der Waals surface area contributed by atoms with Gasteiger partial charge in [0.1, 0.15) is 17.2 Å². The second-order valence-electron chi connectivity index (χ2n) is 8.65. The number of nitrogens with zero attached hydrogens (tertiary/aromatic N) is 2. The van der Waals surface area contributed by atoms with Gasteiger partial charge in [-0.3, -0.25) is 14.5 Å². The Bertz CT molecular complexity index is 1410. The number of para-hydroxylation sites is 1. The van der Waals surface area contributed by atoms with E-state index in [0.717, 1.165) is 35.2 Å². The number of aryl methyl sites for hydroxylation is 2. The maximum Gasteiger partial charge on any atom is 0.283 e. The Labute approximate surface area is 237 Å². The lowest BCUT2D eigenvalue weighted by Gasteiger charge is -2.19. The molecule has 9 heteroatoms. The normalized spacial score (nSPS) is 14.0. The van der Waals surface area contributed by atoms with Crippen molar-refractivity contribution in [3.05, 3.63) is 88.1 Å². The predicted molar refractivity (Wildman–Crippen MR) is 160 cm³/mol. The number of carbonyl (C=O) groups excluding carboxylic acids is 2. The summed E-state index contributed by atoms with van der Waals surface area (Å²) in [6.45, 7) is 4.12. The fraction of sp³-hybridized carbons (Fsp3) is 0.233. The number of halogens is 1. The average Bonchev–Trinajstić information content (AvgIpc) is 3.27. The highest BCUT2D eigenvalue weighted by atomic mass is 35.5. The molecule has 1 aliphatic rings. The Morgan fingerprint density at radius 1 is 1.03 bits per heavy atom. The number of amidine groups is 1. The van der Waals surface area contributed by atoms with Crippen molar-refractivity contribution in [2.24, 2.45) is 4.99 Å². The standard InChI is InChI=1S/C30H30ClN3O4S/c1-5-20-8-7-9-21(6-2)28(20)33-27(35)18-39-30-32-25(16-19-10-13-23(37-3)14-11-19)29(36)34(30)22-12-15-24(31)26(17-22)38-4/h7-17H,5-6,18H2,1-4H3,(H,33,35)/b25-16+. The molecular formula is C30H30ClN3O4S. The second-order valence-corrected chi connectivity index (χ2v) is 10.0. The highest BCUT2D eigenvalue weighted by molar-refractivity contribution is 8.14. The summed E-state index contributed by atoms with van der Waals surface area (Å²) in [5, 5.41) is 3.89. The van der Waals surface area contributed by atoms with E-state index in [1.807, 2.05) is 42.5 Å². The van der Waals surface area contributed by atoms with Gasteiger partial charge in [-0.05, 0) is 59.9 Å². The van der Waals surface area contributed by atoms with Crippen molar-refractivity contribution in [3.63, 3.8) is 0 Å². The first-order valence-corrected chi connectivity index (χ1v) is 13.9. The molecule has 2 amide bonds. The van der Waals surface area contributed by atoms with Crippen molar-refractivity contribution in [1.82, 2.24) is 0 Å². The number of benzene rings is 3. The van der Waals surface area contributed by atoms with Gasteiger partial charge in [0.05, 0.1) is 30.7 Å². The van der Waals surface area contributed by atoms with E-state index in [-0.39, 0.29) is 23.3 Å². The van der Waals surface area contributed by atoms with Crippen molar-refractivity contribution in [2.75, 3.05) is 30.2 Å². The summed E-state index contributed by atoms with van der Waals surface area (Å²) in [5.74, 6) is 0.727. The monoisotopic (exact) mass is 563 g/mol. The van der Waals surface area contributed by atoms with Gasteiger partial charge < -0.3 is 14.8 Å². The molecule has 1 N–H and O–H groups in total. The molecule has 1 aliphatic heterocycles. The fourth-order valence-electron chi connectivity index (χ4n) is 4.18. The number of aliphatic imine (C=N–C) groups is 1. The number of hydrogen-bond donors (Lipinski definition) is 1. The van der Waals surface area contributed by atoms with Gasteiger partial charge in [0.15, 0.2) is 5.17 Å². The third kappa shape index (κ3) is 6.46. The van der Waals surface area contributed by atoms with Crippen LogP contribution in [-0.4, -0.2) is 37.0 Å². The van der Waals surface area contributed by atoms with E-state index in [2.05, 4.69) is 24.2 Å². The first-order valence-electron chi connectivity index (χ1n) is 12.5. The first kappa shape index (κ1) is 28.3. The van der Waals surface area contributed by atoms with E-state index >= 15 is 0 Å². The van der Waals surface area contributed by atoms with Crippen LogP contribution in [0.15, 0.2) is 71.4 Å².